The summed E-state index contributed by atoms with van der Waals surface area (Å²) in [7, 11) is 0. The second kappa shape index (κ2) is 7.43. The van der Waals surface area contributed by atoms with Gasteiger partial charge in [-0.25, -0.2) is 10.3 Å². The van der Waals surface area contributed by atoms with Gasteiger partial charge in [-0.1, -0.05) is 18.2 Å². The van der Waals surface area contributed by atoms with Crippen LogP contribution in [0.15, 0.2) is 59.5 Å². The molecule has 0 atom stereocenters. The highest BCUT2D eigenvalue weighted by molar-refractivity contribution is 7.94. The molecule has 6 nitrogen and oxygen atoms in total. The van der Waals surface area contributed by atoms with E-state index in [1.165, 1.54) is 12.1 Å². The SMILES string of the molecule is Cc1c(O)ccc2cccc(SOONc3ccc(C(=O)O)cc3)c12. The van der Waals surface area contributed by atoms with Crippen LogP contribution < -0.4 is 5.48 Å². The van der Waals surface area contributed by atoms with Crippen LogP contribution in [0.5, 0.6) is 5.75 Å². The van der Waals surface area contributed by atoms with Gasteiger partial charge in [0.25, 0.3) is 0 Å². The van der Waals surface area contributed by atoms with Gasteiger partial charge in [0.1, 0.15) is 5.75 Å². The molecule has 0 aromatic heterocycles. The molecule has 0 radical (unpaired) electrons. The third-order valence-electron chi connectivity index (χ3n) is 3.69. The van der Waals surface area contributed by atoms with Crippen molar-refractivity contribution in [3.63, 3.8) is 0 Å². The zero-order valence-electron chi connectivity index (χ0n) is 13.2. The number of fused-ring (bicyclic) bond motifs is 1. The third-order valence-corrected chi connectivity index (χ3v) is 4.34. The van der Waals surface area contributed by atoms with E-state index in [9.17, 15) is 9.90 Å². The predicted octanol–water partition coefficient (Wildman–Crippen LogP) is 4.53. The normalized spacial score (nSPS) is 10.8. The molecule has 0 saturated heterocycles. The summed E-state index contributed by atoms with van der Waals surface area (Å²) in [5.74, 6) is -0.771. The van der Waals surface area contributed by atoms with E-state index in [2.05, 4.69) is 5.48 Å². The summed E-state index contributed by atoms with van der Waals surface area (Å²) in [5.41, 5.74) is 4.07. The summed E-state index contributed by atoms with van der Waals surface area (Å²) >= 11 is 1.01. The lowest BCUT2D eigenvalue weighted by molar-refractivity contribution is -0.161. The van der Waals surface area contributed by atoms with Gasteiger partial charge in [-0.05, 0) is 54.3 Å². The maximum absolute atomic E-state index is 10.8. The van der Waals surface area contributed by atoms with Crippen LogP contribution in [-0.2, 0) is 9.32 Å². The van der Waals surface area contributed by atoms with E-state index in [4.69, 9.17) is 14.4 Å². The van der Waals surface area contributed by atoms with Crippen molar-refractivity contribution in [2.24, 2.45) is 0 Å². The fourth-order valence-electron chi connectivity index (χ4n) is 2.38. The quantitative estimate of drug-likeness (QED) is 0.258. The van der Waals surface area contributed by atoms with Crippen LogP contribution in [0.2, 0.25) is 0 Å². The van der Waals surface area contributed by atoms with Crippen molar-refractivity contribution < 1.29 is 24.3 Å². The number of carbonyl (C=O) groups is 1. The number of aromatic carboxylic acids is 1. The Kier molecular flexibility index (Phi) is 5.08. The summed E-state index contributed by atoms with van der Waals surface area (Å²) in [4.78, 5) is 16.5. The van der Waals surface area contributed by atoms with Gasteiger partial charge < -0.3 is 10.2 Å². The molecule has 0 aliphatic carbocycles. The molecule has 0 bridgehead atoms. The van der Waals surface area contributed by atoms with Gasteiger partial charge in [0.15, 0.2) is 0 Å². The highest BCUT2D eigenvalue weighted by Gasteiger charge is 2.09. The monoisotopic (exact) mass is 357 g/mol. The van der Waals surface area contributed by atoms with Crippen molar-refractivity contribution in [2.75, 3.05) is 5.48 Å². The Labute approximate surface area is 148 Å². The number of phenolic OH excluding ortho intramolecular Hbond substituents is 1. The largest absolute Gasteiger partial charge is 0.508 e. The van der Waals surface area contributed by atoms with Crippen molar-refractivity contribution in [3.8, 4) is 5.75 Å². The molecule has 0 aliphatic rings. The summed E-state index contributed by atoms with van der Waals surface area (Å²) in [6.45, 7) is 1.84. The number of hydrogen-bond donors (Lipinski definition) is 3. The molecule has 3 N–H and O–H groups in total. The average molecular weight is 357 g/mol. The minimum atomic E-state index is -0.992. The number of aromatic hydroxyl groups is 1. The van der Waals surface area contributed by atoms with Crippen molar-refractivity contribution in [3.05, 3.63) is 65.7 Å². The number of phenols is 1. The van der Waals surface area contributed by atoms with Gasteiger partial charge in [-0.2, -0.15) is 0 Å². The molecule has 3 aromatic rings. The molecule has 0 saturated carbocycles. The average Bonchev–Trinajstić information content (AvgIpc) is 2.62. The highest BCUT2D eigenvalue weighted by Crippen LogP contribution is 2.34. The van der Waals surface area contributed by atoms with E-state index in [1.807, 2.05) is 31.2 Å². The predicted molar refractivity (Wildman–Crippen MR) is 95.4 cm³/mol. The van der Waals surface area contributed by atoms with Crippen molar-refractivity contribution in [1.82, 2.24) is 0 Å². The smallest absolute Gasteiger partial charge is 0.335 e. The number of benzene rings is 3. The first kappa shape index (κ1) is 17.1. The molecule has 3 aromatic carbocycles. The van der Waals surface area contributed by atoms with Crippen molar-refractivity contribution in [2.45, 2.75) is 11.8 Å². The minimum absolute atomic E-state index is 0.187. The number of anilines is 1. The molecule has 0 fully saturated rings. The van der Waals surface area contributed by atoms with Gasteiger partial charge in [0.2, 0.25) is 0 Å². The molecule has 0 aliphatic heterocycles. The molecule has 3 rings (SSSR count). The molecule has 0 spiro atoms. The van der Waals surface area contributed by atoms with Crippen LogP contribution >= 0.6 is 12.0 Å². The molecule has 0 amide bonds. The maximum atomic E-state index is 10.8. The Bertz CT molecular complexity index is 911. The Balaban J connectivity index is 1.63. The Morgan fingerprint density at radius 3 is 2.56 bits per heavy atom. The number of hydrogen-bond acceptors (Lipinski definition) is 6. The maximum Gasteiger partial charge on any atom is 0.335 e. The topological polar surface area (TPSA) is 88.0 Å². The van der Waals surface area contributed by atoms with E-state index in [1.54, 1.807) is 18.2 Å². The van der Waals surface area contributed by atoms with Crippen LogP contribution in [0.4, 0.5) is 5.69 Å². The summed E-state index contributed by atoms with van der Waals surface area (Å²) in [6.07, 6.45) is 0. The van der Waals surface area contributed by atoms with Crippen LogP contribution in [0.1, 0.15) is 15.9 Å². The van der Waals surface area contributed by atoms with Crippen LogP contribution in [0, 0.1) is 6.92 Å². The Hall–Kier alpha value is -2.74. The first-order valence-electron chi connectivity index (χ1n) is 7.37. The Morgan fingerprint density at radius 1 is 1.08 bits per heavy atom. The molecule has 128 valence electrons. The Morgan fingerprint density at radius 2 is 1.84 bits per heavy atom. The number of carboxylic acids is 1. The van der Waals surface area contributed by atoms with Gasteiger partial charge in [0.05, 0.1) is 23.3 Å². The van der Waals surface area contributed by atoms with Crippen LogP contribution in [-0.4, -0.2) is 16.2 Å². The summed E-state index contributed by atoms with van der Waals surface area (Å²) in [5, 5.41) is 20.6. The van der Waals surface area contributed by atoms with Gasteiger partial charge in [-0.15, -0.1) is 9.32 Å². The standard InChI is InChI=1S/C18H15NO5S/c1-11-15(20)10-7-12-3-2-4-16(17(11)12)25-24-23-19-14-8-5-13(6-9-14)18(21)22/h2-10,19-20H,1H3,(H,21,22). The summed E-state index contributed by atoms with van der Waals surface area (Å²) in [6, 6.07) is 15.3. The first-order chi connectivity index (χ1) is 12.1. The van der Waals surface area contributed by atoms with E-state index >= 15 is 0 Å². The molecular weight excluding hydrogens is 342 g/mol. The second-order valence-electron chi connectivity index (χ2n) is 5.28. The lowest BCUT2D eigenvalue weighted by Gasteiger charge is -2.10. The first-order valence-corrected chi connectivity index (χ1v) is 8.11. The fourth-order valence-corrected chi connectivity index (χ4v) is 3.01. The van der Waals surface area contributed by atoms with Gasteiger partial charge >= 0.3 is 5.97 Å². The molecule has 0 unspecified atom stereocenters. The third kappa shape index (κ3) is 3.85. The van der Waals surface area contributed by atoms with E-state index in [0.29, 0.717) is 5.69 Å². The lowest BCUT2D eigenvalue weighted by Crippen LogP contribution is -2.00. The fraction of sp³-hybridized carbons (Fsp3) is 0.0556. The second-order valence-corrected chi connectivity index (χ2v) is 6.03. The highest BCUT2D eigenvalue weighted by atomic mass is 32.2. The molecule has 0 heterocycles. The van der Waals surface area contributed by atoms with E-state index in [0.717, 1.165) is 33.3 Å². The number of aryl methyl sites for hydroxylation is 1. The van der Waals surface area contributed by atoms with Gasteiger partial charge in [-0.3, -0.25) is 0 Å². The zero-order chi connectivity index (χ0) is 17.8. The lowest BCUT2D eigenvalue weighted by atomic mass is 10.0. The van der Waals surface area contributed by atoms with E-state index < -0.39 is 5.97 Å². The summed E-state index contributed by atoms with van der Waals surface area (Å²) < 4.78 is 5.11. The number of nitrogens with one attached hydrogen (secondary N) is 1. The van der Waals surface area contributed by atoms with Crippen LogP contribution in [0.25, 0.3) is 10.8 Å². The van der Waals surface area contributed by atoms with Crippen LogP contribution in [0.3, 0.4) is 0 Å². The zero-order valence-corrected chi connectivity index (χ0v) is 14.0. The number of rotatable bonds is 6. The minimum Gasteiger partial charge on any atom is -0.508 e. The van der Waals surface area contributed by atoms with E-state index in [-0.39, 0.29) is 11.3 Å². The number of carboxylic acid groups (broad SMARTS) is 1. The van der Waals surface area contributed by atoms with Gasteiger partial charge in [0, 0.05) is 10.3 Å². The molecule has 25 heavy (non-hydrogen) atoms. The molecule has 7 heteroatoms. The van der Waals surface area contributed by atoms with Crippen molar-refractivity contribution >= 4 is 34.5 Å². The van der Waals surface area contributed by atoms with Crippen molar-refractivity contribution in [1.29, 1.82) is 0 Å². The molecular formula is C18H15NO5S.